The number of aromatic hydroxyl groups is 1. The zero-order valence-corrected chi connectivity index (χ0v) is 8.90. The number of imidazole rings is 1. The van der Waals surface area contributed by atoms with Gasteiger partial charge in [-0.05, 0) is 19.1 Å². The highest BCUT2D eigenvalue weighted by Crippen LogP contribution is 2.36. The third-order valence-corrected chi connectivity index (χ3v) is 2.18. The Bertz CT molecular complexity index is 494. The molecule has 4 N–H and O–H groups in total. The Morgan fingerprint density at radius 3 is 2.94 bits per heavy atom. The summed E-state index contributed by atoms with van der Waals surface area (Å²) in [7, 11) is 0. The zero-order chi connectivity index (χ0) is 11.5. The maximum Gasteiger partial charge on any atom is 0.197 e. The number of nitrogens with zero attached hydrogens (tertiary/aromatic N) is 1. The number of nitrogen functional groups attached to an aromatic ring is 1. The molecule has 0 saturated carbocycles. The number of hydrogen-bond donors (Lipinski definition) is 3. The molecule has 0 unspecified atom stereocenters. The van der Waals surface area contributed by atoms with Crippen LogP contribution in [-0.2, 0) is 0 Å². The Balaban J connectivity index is 2.45. The number of ether oxygens (including phenoxy) is 1. The van der Waals surface area contributed by atoms with Crippen molar-refractivity contribution < 1.29 is 9.84 Å². The third-order valence-electron chi connectivity index (χ3n) is 2.18. The molecule has 16 heavy (non-hydrogen) atoms. The fourth-order valence-corrected chi connectivity index (χ4v) is 1.49. The van der Waals surface area contributed by atoms with Crippen molar-refractivity contribution >= 4 is 5.95 Å². The summed E-state index contributed by atoms with van der Waals surface area (Å²) >= 11 is 0. The van der Waals surface area contributed by atoms with E-state index in [1.807, 2.05) is 6.92 Å². The predicted molar refractivity (Wildman–Crippen MR) is 61.3 cm³/mol. The number of hydrogen-bond acceptors (Lipinski definition) is 4. The van der Waals surface area contributed by atoms with Crippen LogP contribution in [0, 0.1) is 0 Å². The average Bonchev–Trinajstić information content (AvgIpc) is 2.68. The van der Waals surface area contributed by atoms with Crippen molar-refractivity contribution in [3.8, 4) is 22.8 Å². The second-order valence-corrected chi connectivity index (χ2v) is 3.27. The molecule has 1 aromatic carbocycles. The SMILES string of the molecule is CCOc1cccc(-c2cnc(N)[nH]2)c1O. The number of benzene rings is 1. The molecule has 0 saturated heterocycles. The van der Waals surface area contributed by atoms with Crippen molar-refractivity contribution in [1.82, 2.24) is 9.97 Å². The summed E-state index contributed by atoms with van der Waals surface area (Å²) in [6.45, 7) is 2.36. The first-order chi connectivity index (χ1) is 7.72. The van der Waals surface area contributed by atoms with Gasteiger partial charge in [-0.3, -0.25) is 0 Å². The molecule has 2 aromatic rings. The molecule has 0 aliphatic rings. The topological polar surface area (TPSA) is 84.2 Å². The molecule has 0 radical (unpaired) electrons. The molecule has 0 bridgehead atoms. The van der Waals surface area contributed by atoms with E-state index in [9.17, 15) is 5.11 Å². The van der Waals surface area contributed by atoms with E-state index in [1.165, 1.54) is 0 Å². The van der Waals surface area contributed by atoms with Crippen molar-refractivity contribution in [2.24, 2.45) is 0 Å². The van der Waals surface area contributed by atoms with E-state index < -0.39 is 0 Å². The van der Waals surface area contributed by atoms with Gasteiger partial charge in [-0.25, -0.2) is 4.98 Å². The molecule has 0 amide bonds. The van der Waals surface area contributed by atoms with Crippen LogP contribution in [0.2, 0.25) is 0 Å². The number of para-hydroxylation sites is 1. The molecule has 5 heteroatoms. The smallest absolute Gasteiger partial charge is 0.197 e. The number of rotatable bonds is 3. The summed E-state index contributed by atoms with van der Waals surface area (Å²) < 4.78 is 5.29. The molecule has 1 heterocycles. The summed E-state index contributed by atoms with van der Waals surface area (Å²) in [6, 6.07) is 5.28. The van der Waals surface area contributed by atoms with Crippen LogP contribution in [0.25, 0.3) is 11.3 Å². The number of anilines is 1. The van der Waals surface area contributed by atoms with E-state index >= 15 is 0 Å². The number of aromatic nitrogens is 2. The number of phenolic OH excluding ortho intramolecular Hbond substituents is 1. The molecule has 2 rings (SSSR count). The van der Waals surface area contributed by atoms with Gasteiger partial charge in [0.1, 0.15) is 0 Å². The molecule has 1 aromatic heterocycles. The second-order valence-electron chi connectivity index (χ2n) is 3.27. The van der Waals surface area contributed by atoms with E-state index in [0.29, 0.717) is 29.6 Å². The van der Waals surface area contributed by atoms with Crippen LogP contribution >= 0.6 is 0 Å². The van der Waals surface area contributed by atoms with E-state index in [-0.39, 0.29) is 5.75 Å². The molecular weight excluding hydrogens is 206 g/mol. The van der Waals surface area contributed by atoms with Gasteiger partial charge in [0.05, 0.1) is 18.5 Å². The van der Waals surface area contributed by atoms with Crippen LogP contribution in [0.1, 0.15) is 6.92 Å². The standard InChI is InChI=1S/C11H13N3O2/c1-2-16-9-5-3-4-7(10(9)15)8-6-13-11(12)14-8/h3-6,15H,2H2,1H3,(H3,12,13,14). The number of H-pyrrole nitrogens is 1. The summed E-state index contributed by atoms with van der Waals surface area (Å²) in [5, 5.41) is 9.97. The Hall–Kier alpha value is -2.17. The fourth-order valence-electron chi connectivity index (χ4n) is 1.49. The maximum atomic E-state index is 9.97. The van der Waals surface area contributed by atoms with Crippen molar-refractivity contribution in [1.29, 1.82) is 0 Å². The summed E-state index contributed by atoms with van der Waals surface area (Å²) in [5.74, 6) is 0.859. The van der Waals surface area contributed by atoms with Gasteiger partial charge in [-0.2, -0.15) is 0 Å². The highest BCUT2D eigenvalue weighted by molar-refractivity contribution is 5.70. The summed E-state index contributed by atoms with van der Waals surface area (Å²) in [5.41, 5.74) is 6.77. The van der Waals surface area contributed by atoms with Crippen molar-refractivity contribution in [2.45, 2.75) is 6.92 Å². The van der Waals surface area contributed by atoms with Gasteiger partial charge < -0.3 is 20.6 Å². The lowest BCUT2D eigenvalue weighted by Crippen LogP contribution is -1.92. The van der Waals surface area contributed by atoms with Gasteiger partial charge in [0.2, 0.25) is 0 Å². The summed E-state index contributed by atoms with van der Waals surface area (Å²) in [6.07, 6.45) is 1.57. The largest absolute Gasteiger partial charge is 0.504 e. The Morgan fingerprint density at radius 2 is 2.31 bits per heavy atom. The van der Waals surface area contributed by atoms with Crippen molar-refractivity contribution in [2.75, 3.05) is 12.3 Å². The van der Waals surface area contributed by atoms with Crippen molar-refractivity contribution in [3.05, 3.63) is 24.4 Å². The first-order valence-electron chi connectivity index (χ1n) is 4.98. The Morgan fingerprint density at radius 1 is 1.50 bits per heavy atom. The Kier molecular flexibility index (Phi) is 2.68. The third kappa shape index (κ3) is 1.79. The average molecular weight is 219 g/mol. The normalized spacial score (nSPS) is 10.3. The van der Waals surface area contributed by atoms with E-state index in [0.717, 1.165) is 0 Å². The molecule has 0 aliphatic carbocycles. The number of aromatic amines is 1. The van der Waals surface area contributed by atoms with Gasteiger partial charge in [0.25, 0.3) is 0 Å². The van der Waals surface area contributed by atoms with Crippen molar-refractivity contribution in [3.63, 3.8) is 0 Å². The van der Waals surface area contributed by atoms with Gasteiger partial charge in [-0.15, -0.1) is 0 Å². The molecule has 0 fully saturated rings. The quantitative estimate of drug-likeness (QED) is 0.734. The zero-order valence-electron chi connectivity index (χ0n) is 8.90. The second kappa shape index (κ2) is 4.14. The molecule has 0 spiro atoms. The molecule has 84 valence electrons. The highest BCUT2D eigenvalue weighted by Gasteiger charge is 2.11. The van der Waals surface area contributed by atoms with Gasteiger partial charge in [-0.1, -0.05) is 6.07 Å². The minimum Gasteiger partial charge on any atom is -0.504 e. The minimum atomic E-state index is 0.0907. The van der Waals surface area contributed by atoms with E-state index in [4.69, 9.17) is 10.5 Å². The lowest BCUT2D eigenvalue weighted by atomic mass is 10.1. The van der Waals surface area contributed by atoms with Gasteiger partial charge in [0, 0.05) is 5.56 Å². The minimum absolute atomic E-state index is 0.0907. The van der Waals surface area contributed by atoms with E-state index in [1.54, 1.807) is 24.4 Å². The number of nitrogens with two attached hydrogens (primary N) is 1. The first kappa shape index (κ1) is 10.4. The first-order valence-corrected chi connectivity index (χ1v) is 4.98. The number of phenols is 1. The lowest BCUT2D eigenvalue weighted by molar-refractivity contribution is 0.318. The molecule has 5 nitrogen and oxygen atoms in total. The van der Waals surface area contributed by atoms with Crippen LogP contribution in [0.3, 0.4) is 0 Å². The maximum absolute atomic E-state index is 9.97. The van der Waals surface area contributed by atoms with Gasteiger partial charge in [0.15, 0.2) is 17.4 Å². The molecule has 0 aliphatic heterocycles. The molecular formula is C11H13N3O2. The van der Waals surface area contributed by atoms with Crippen LogP contribution in [-0.4, -0.2) is 21.7 Å². The highest BCUT2D eigenvalue weighted by atomic mass is 16.5. The van der Waals surface area contributed by atoms with Crippen LogP contribution < -0.4 is 10.5 Å². The fraction of sp³-hybridized carbons (Fsp3) is 0.182. The van der Waals surface area contributed by atoms with Crippen LogP contribution in [0.5, 0.6) is 11.5 Å². The van der Waals surface area contributed by atoms with E-state index in [2.05, 4.69) is 9.97 Å². The van der Waals surface area contributed by atoms with Crippen LogP contribution in [0.4, 0.5) is 5.95 Å². The van der Waals surface area contributed by atoms with Crippen LogP contribution in [0.15, 0.2) is 24.4 Å². The monoisotopic (exact) mass is 219 g/mol. The lowest BCUT2D eigenvalue weighted by Gasteiger charge is -2.08. The molecule has 0 atom stereocenters. The Labute approximate surface area is 92.9 Å². The predicted octanol–water partition coefficient (Wildman–Crippen LogP) is 1.76. The van der Waals surface area contributed by atoms with Gasteiger partial charge >= 0.3 is 0 Å². The summed E-state index contributed by atoms with van der Waals surface area (Å²) in [4.78, 5) is 6.73. The number of nitrogens with one attached hydrogen (secondary N) is 1.